The largest absolute Gasteiger partial charge is 0.497 e. The molecule has 0 bridgehead atoms. The summed E-state index contributed by atoms with van der Waals surface area (Å²) in [7, 11) is 1.63. The predicted octanol–water partition coefficient (Wildman–Crippen LogP) is 3.12. The number of methoxy groups -OCH3 is 1. The van der Waals surface area contributed by atoms with Crippen molar-refractivity contribution in [3.05, 3.63) is 53.3 Å². The van der Waals surface area contributed by atoms with Gasteiger partial charge in [0.05, 0.1) is 30.6 Å². The van der Waals surface area contributed by atoms with Crippen LogP contribution in [0, 0.1) is 0 Å². The van der Waals surface area contributed by atoms with Gasteiger partial charge in [-0.05, 0) is 23.8 Å². The van der Waals surface area contributed by atoms with Gasteiger partial charge in [-0.2, -0.15) is 5.10 Å². The number of anilines is 2. The van der Waals surface area contributed by atoms with Crippen LogP contribution in [0.15, 0.2) is 42.7 Å². The molecule has 12 nitrogen and oxygen atoms in total. The Labute approximate surface area is 223 Å². The highest BCUT2D eigenvalue weighted by Gasteiger charge is 2.38. The quantitative estimate of drug-likeness (QED) is 0.262. The molecule has 13 heteroatoms. The summed E-state index contributed by atoms with van der Waals surface area (Å²) in [6.07, 6.45) is 3.27. The average molecular weight is 539 g/mol. The summed E-state index contributed by atoms with van der Waals surface area (Å²) in [5.41, 5.74) is 7.58. The molecule has 0 saturated carbocycles. The van der Waals surface area contributed by atoms with E-state index in [1.54, 1.807) is 25.6 Å². The number of primary amides is 1. The number of piperidine rings is 1. The number of nitrogens with one attached hydrogen (secondary N) is 2. The minimum Gasteiger partial charge on any atom is -0.497 e. The van der Waals surface area contributed by atoms with Gasteiger partial charge >= 0.3 is 6.09 Å². The summed E-state index contributed by atoms with van der Waals surface area (Å²) in [5, 5.41) is 20.8. The summed E-state index contributed by atoms with van der Waals surface area (Å²) in [4.78, 5) is 26.9. The second kappa shape index (κ2) is 10.7. The van der Waals surface area contributed by atoms with Crippen molar-refractivity contribution < 1.29 is 19.4 Å². The Morgan fingerprint density at radius 3 is 2.68 bits per heavy atom. The van der Waals surface area contributed by atoms with E-state index in [-0.39, 0.29) is 6.61 Å². The highest BCUT2D eigenvalue weighted by atomic mass is 35.5. The van der Waals surface area contributed by atoms with Gasteiger partial charge in [0.1, 0.15) is 28.5 Å². The minimum atomic E-state index is -0.976. The fraction of sp³-hybridized carbons (Fsp3) is 0.320. The summed E-state index contributed by atoms with van der Waals surface area (Å²) in [5.74, 6) is 1.95. The molecule has 1 aliphatic rings. The molecule has 5 N–H and O–H groups in total. The molecule has 1 fully saturated rings. The van der Waals surface area contributed by atoms with Crippen LogP contribution in [0.1, 0.15) is 18.4 Å². The number of rotatable bonds is 8. The van der Waals surface area contributed by atoms with E-state index in [0.29, 0.717) is 71.6 Å². The molecule has 198 valence electrons. The van der Waals surface area contributed by atoms with E-state index >= 15 is 0 Å². The van der Waals surface area contributed by atoms with Crippen molar-refractivity contribution in [1.29, 1.82) is 0 Å². The average Bonchev–Trinajstić information content (AvgIpc) is 3.36. The highest BCUT2D eigenvalue weighted by Crippen LogP contribution is 2.35. The second-order valence-corrected chi connectivity index (χ2v) is 9.35. The molecule has 1 aliphatic heterocycles. The molecular weight excluding hydrogens is 512 g/mol. The lowest BCUT2D eigenvalue weighted by Gasteiger charge is -2.39. The molecule has 1 aromatic carbocycles. The van der Waals surface area contributed by atoms with Crippen LogP contribution in [0.2, 0.25) is 5.02 Å². The second-order valence-electron chi connectivity index (χ2n) is 8.97. The molecule has 0 atom stereocenters. The van der Waals surface area contributed by atoms with Crippen LogP contribution in [0.4, 0.5) is 16.4 Å². The van der Waals surface area contributed by atoms with E-state index in [4.69, 9.17) is 26.8 Å². The van der Waals surface area contributed by atoms with Gasteiger partial charge in [-0.1, -0.05) is 23.7 Å². The Balaban J connectivity index is 1.33. The number of halogens is 1. The molecule has 0 aliphatic carbocycles. The molecule has 38 heavy (non-hydrogen) atoms. The number of hydrogen-bond donors (Lipinski definition) is 4. The summed E-state index contributed by atoms with van der Waals surface area (Å²) < 4.78 is 10.4. The lowest BCUT2D eigenvalue weighted by Crippen LogP contribution is -2.50. The molecule has 0 unspecified atom stereocenters. The third-order valence-corrected chi connectivity index (χ3v) is 7.02. The SMILES string of the molecule is COc1ccc(CNc2nccc(-c3[nH]nc4nc(N5CCC(CO)(OC(N)=O)CC5)cnc34)c2Cl)cc1. The maximum Gasteiger partial charge on any atom is 0.405 e. The summed E-state index contributed by atoms with van der Waals surface area (Å²) >= 11 is 6.73. The van der Waals surface area contributed by atoms with Crippen molar-refractivity contribution in [2.24, 2.45) is 5.73 Å². The van der Waals surface area contributed by atoms with Crippen LogP contribution in [0.3, 0.4) is 0 Å². The number of aliphatic hydroxyl groups is 1. The van der Waals surface area contributed by atoms with Gasteiger partial charge in [-0.15, -0.1) is 0 Å². The number of aliphatic hydroxyl groups excluding tert-OH is 1. The Morgan fingerprint density at radius 2 is 2.00 bits per heavy atom. The predicted molar refractivity (Wildman–Crippen MR) is 142 cm³/mol. The fourth-order valence-corrected chi connectivity index (χ4v) is 4.74. The van der Waals surface area contributed by atoms with Crippen LogP contribution < -0.4 is 20.7 Å². The van der Waals surface area contributed by atoms with Gasteiger partial charge < -0.3 is 30.5 Å². The first kappa shape index (κ1) is 25.5. The first-order valence-electron chi connectivity index (χ1n) is 12.0. The van der Waals surface area contributed by atoms with Crippen molar-refractivity contribution in [2.75, 3.05) is 37.0 Å². The van der Waals surface area contributed by atoms with E-state index in [1.807, 2.05) is 29.2 Å². The molecule has 4 heterocycles. The monoisotopic (exact) mass is 538 g/mol. The van der Waals surface area contributed by atoms with E-state index in [0.717, 1.165) is 11.3 Å². The highest BCUT2D eigenvalue weighted by molar-refractivity contribution is 6.35. The zero-order valence-electron chi connectivity index (χ0n) is 20.6. The number of aromatic nitrogens is 5. The first-order chi connectivity index (χ1) is 18.4. The summed E-state index contributed by atoms with van der Waals surface area (Å²) in [6.45, 7) is 1.25. The van der Waals surface area contributed by atoms with Crippen LogP contribution in [0.25, 0.3) is 22.4 Å². The molecule has 4 aromatic rings. The number of pyridine rings is 1. The molecule has 5 rings (SSSR count). The lowest BCUT2D eigenvalue weighted by molar-refractivity contribution is -0.0422. The van der Waals surface area contributed by atoms with Crippen LogP contribution in [-0.2, 0) is 11.3 Å². The number of H-pyrrole nitrogens is 1. The van der Waals surface area contributed by atoms with E-state index in [9.17, 15) is 9.90 Å². The number of carbonyl (C=O) groups excluding carboxylic acids is 1. The standard InChI is InChI=1S/C25H27ClN8O4/c1-37-16-4-2-15(3-5-16)12-30-22-19(26)17(6-9-28-22)20-21-23(33-32-20)31-18(13-29-21)34-10-7-25(14-35,8-11-34)38-24(27)36/h2-6,9,13,35H,7-8,10-12,14H2,1H3,(H2,27,36)(H,28,30)(H,31,32,33). The number of aromatic amines is 1. The minimum absolute atomic E-state index is 0.291. The smallest absolute Gasteiger partial charge is 0.405 e. The molecule has 1 amide bonds. The molecular formula is C25H27ClN8O4. The van der Waals surface area contributed by atoms with Gasteiger partial charge in [-0.25, -0.2) is 19.7 Å². The third-order valence-electron chi connectivity index (χ3n) is 6.63. The van der Waals surface area contributed by atoms with Crippen LogP contribution in [0.5, 0.6) is 5.75 Å². The van der Waals surface area contributed by atoms with Crippen molar-refractivity contribution >= 4 is 40.5 Å². The number of nitrogens with two attached hydrogens (primary N) is 1. The number of ether oxygens (including phenoxy) is 2. The lowest BCUT2D eigenvalue weighted by atomic mass is 9.92. The van der Waals surface area contributed by atoms with Crippen LogP contribution >= 0.6 is 11.6 Å². The summed E-state index contributed by atoms with van der Waals surface area (Å²) in [6, 6.07) is 9.52. The molecule has 0 radical (unpaired) electrons. The van der Waals surface area contributed by atoms with Gasteiger partial charge in [0.15, 0.2) is 0 Å². The zero-order valence-corrected chi connectivity index (χ0v) is 21.4. The van der Waals surface area contributed by atoms with Crippen LogP contribution in [-0.4, -0.2) is 68.8 Å². The maximum atomic E-state index is 11.2. The van der Waals surface area contributed by atoms with Crippen molar-refractivity contribution in [3.8, 4) is 17.0 Å². The zero-order chi connectivity index (χ0) is 26.7. The van der Waals surface area contributed by atoms with Gasteiger partial charge in [0.25, 0.3) is 0 Å². The van der Waals surface area contributed by atoms with Crippen molar-refractivity contribution in [2.45, 2.75) is 25.0 Å². The first-order valence-corrected chi connectivity index (χ1v) is 12.4. The van der Waals surface area contributed by atoms with E-state index < -0.39 is 11.7 Å². The number of fused-ring (bicyclic) bond motifs is 1. The molecule has 0 spiro atoms. The Bertz CT molecular complexity index is 1440. The molecule has 1 saturated heterocycles. The van der Waals surface area contributed by atoms with Gasteiger partial charge in [-0.3, -0.25) is 5.10 Å². The van der Waals surface area contributed by atoms with Crippen molar-refractivity contribution in [3.63, 3.8) is 0 Å². The van der Waals surface area contributed by atoms with Gasteiger partial charge in [0, 0.05) is 44.2 Å². The maximum absolute atomic E-state index is 11.2. The number of hydrogen-bond acceptors (Lipinski definition) is 10. The van der Waals surface area contributed by atoms with Crippen molar-refractivity contribution in [1.82, 2.24) is 25.1 Å². The van der Waals surface area contributed by atoms with Gasteiger partial charge in [0.2, 0.25) is 5.65 Å². The number of nitrogens with zero attached hydrogens (tertiary/aromatic N) is 5. The topological polar surface area (TPSA) is 164 Å². The third kappa shape index (κ3) is 5.13. The Morgan fingerprint density at radius 1 is 1.24 bits per heavy atom. The normalized spacial score (nSPS) is 14.9. The fourth-order valence-electron chi connectivity index (χ4n) is 4.47. The Hall–Kier alpha value is -4.16. The number of benzene rings is 1. The Kier molecular flexibility index (Phi) is 7.16. The molecule has 3 aromatic heterocycles. The van der Waals surface area contributed by atoms with E-state index in [1.165, 1.54) is 0 Å². The number of carbonyl (C=O) groups is 1. The number of amides is 1. The van der Waals surface area contributed by atoms with E-state index in [2.05, 4.69) is 30.5 Å².